The molecule has 1 saturated heterocycles. The van der Waals surface area contributed by atoms with E-state index in [-0.39, 0.29) is 11.7 Å². The van der Waals surface area contributed by atoms with Crippen LogP contribution in [0.1, 0.15) is 19.3 Å². The second-order valence-corrected chi connectivity index (χ2v) is 5.44. The molecule has 4 N–H and O–H groups in total. The van der Waals surface area contributed by atoms with Crippen LogP contribution in [0.2, 0.25) is 0 Å². The Morgan fingerprint density at radius 1 is 1.53 bits per heavy atom. The highest BCUT2D eigenvalue weighted by Crippen LogP contribution is 2.04. The Morgan fingerprint density at radius 3 is 2.87 bits per heavy atom. The molecule has 1 amide bonds. The van der Waals surface area contributed by atoms with Gasteiger partial charge in [0.1, 0.15) is 6.04 Å². The van der Waals surface area contributed by atoms with Crippen LogP contribution in [0, 0.1) is 0 Å². The lowest BCUT2D eigenvalue weighted by molar-refractivity contribution is -0.124. The van der Waals surface area contributed by atoms with Crippen LogP contribution in [0.15, 0.2) is 0 Å². The standard InChI is InChI=1S/C8H17N3O3S/c9-4-2-6-15(13,14)11-7-3-1-5-10-8(7)12/h7,11H,1-6,9H2,(H,10,12). The molecule has 0 spiro atoms. The molecule has 0 aromatic carbocycles. The first-order valence-electron chi connectivity index (χ1n) is 5.03. The van der Waals surface area contributed by atoms with E-state index in [0.29, 0.717) is 25.9 Å². The first kappa shape index (κ1) is 12.4. The number of amides is 1. The Morgan fingerprint density at radius 2 is 2.27 bits per heavy atom. The fraction of sp³-hybridized carbons (Fsp3) is 0.875. The van der Waals surface area contributed by atoms with E-state index in [0.717, 1.165) is 6.42 Å². The van der Waals surface area contributed by atoms with E-state index in [2.05, 4.69) is 10.0 Å². The summed E-state index contributed by atoms with van der Waals surface area (Å²) in [6, 6.07) is -0.610. The molecule has 1 heterocycles. The third kappa shape index (κ3) is 4.15. The van der Waals surface area contributed by atoms with E-state index in [4.69, 9.17) is 5.73 Å². The maximum atomic E-state index is 11.5. The van der Waals surface area contributed by atoms with Crippen molar-refractivity contribution >= 4 is 15.9 Å². The summed E-state index contributed by atoms with van der Waals surface area (Å²) in [4.78, 5) is 11.3. The molecule has 1 rings (SSSR count). The van der Waals surface area contributed by atoms with E-state index >= 15 is 0 Å². The van der Waals surface area contributed by atoms with Gasteiger partial charge < -0.3 is 11.1 Å². The van der Waals surface area contributed by atoms with Gasteiger partial charge in [-0.3, -0.25) is 4.79 Å². The van der Waals surface area contributed by atoms with E-state index in [1.807, 2.05) is 0 Å². The molecule has 0 aromatic rings. The highest BCUT2D eigenvalue weighted by molar-refractivity contribution is 7.89. The van der Waals surface area contributed by atoms with Crippen LogP contribution in [0.4, 0.5) is 0 Å². The number of carbonyl (C=O) groups is 1. The summed E-state index contributed by atoms with van der Waals surface area (Å²) in [5, 5.41) is 2.62. The van der Waals surface area contributed by atoms with E-state index in [1.54, 1.807) is 0 Å². The van der Waals surface area contributed by atoms with Crippen LogP contribution >= 0.6 is 0 Å². The molecule has 6 nitrogen and oxygen atoms in total. The van der Waals surface area contributed by atoms with Crippen molar-refractivity contribution in [2.45, 2.75) is 25.3 Å². The van der Waals surface area contributed by atoms with Crippen LogP contribution in [0.3, 0.4) is 0 Å². The zero-order valence-electron chi connectivity index (χ0n) is 8.53. The van der Waals surface area contributed by atoms with Gasteiger partial charge in [0.2, 0.25) is 15.9 Å². The van der Waals surface area contributed by atoms with Crippen molar-refractivity contribution in [3.63, 3.8) is 0 Å². The normalized spacial score (nSPS) is 22.5. The van der Waals surface area contributed by atoms with Gasteiger partial charge in [0.25, 0.3) is 0 Å². The summed E-state index contributed by atoms with van der Waals surface area (Å²) in [5.41, 5.74) is 5.22. The zero-order chi connectivity index (χ0) is 11.3. The molecule has 88 valence electrons. The van der Waals surface area contributed by atoms with Gasteiger partial charge in [-0.05, 0) is 25.8 Å². The molecule has 0 aromatic heterocycles. The van der Waals surface area contributed by atoms with Crippen molar-refractivity contribution in [3.8, 4) is 0 Å². The number of rotatable bonds is 5. The van der Waals surface area contributed by atoms with E-state index in [1.165, 1.54) is 0 Å². The predicted molar refractivity (Wildman–Crippen MR) is 56.6 cm³/mol. The van der Waals surface area contributed by atoms with Crippen LogP contribution in [-0.4, -0.2) is 39.2 Å². The topological polar surface area (TPSA) is 101 Å². The molecule has 0 radical (unpaired) electrons. The van der Waals surface area contributed by atoms with Crippen LogP contribution in [-0.2, 0) is 14.8 Å². The first-order chi connectivity index (χ1) is 7.05. The molecular formula is C8H17N3O3S. The summed E-state index contributed by atoms with van der Waals surface area (Å²) >= 11 is 0. The molecule has 1 aliphatic rings. The minimum absolute atomic E-state index is 0.0206. The lowest BCUT2D eigenvalue weighted by Gasteiger charge is -2.22. The Bertz CT molecular complexity index is 315. The lowest BCUT2D eigenvalue weighted by Crippen LogP contribution is -2.50. The minimum Gasteiger partial charge on any atom is -0.355 e. The highest BCUT2D eigenvalue weighted by Gasteiger charge is 2.26. The highest BCUT2D eigenvalue weighted by atomic mass is 32.2. The number of hydrogen-bond acceptors (Lipinski definition) is 4. The molecular weight excluding hydrogens is 218 g/mol. The zero-order valence-corrected chi connectivity index (χ0v) is 9.35. The minimum atomic E-state index is -3.37. The summed E-state index contributed by atoms with van der Waals surface area (Å²) in [6.45, 7) is 0.956. The first-order valence-corrected chi connectivity index (χ1v) is 6.68. The number of nitrogens with two attached hydrogens (primary N) is 1. The SMILES string of the molecule is NCCCS(=O)(=O)NC1CCCNC1=O. The van der Waals surface area contributed by atoms with Gasteiger partial charge in [-0.1, -0.05) is 0 Å². The third-order valence-corrected chi connectivity index (χ3v) is 3.69. The fourth-order valence-electron chi connectivity index (χ4n) is 1.43. The van der Waals surface area contributed by atoms with Gasteiger partial charge in [-0.2, -0.15) is 0 Å². The average molecular weight is 235 g/mol. The number of carbonyl (C=O) groups excluding carboxylic acids is 1. The molecule has 1 fully saturated rings. The van der Waals surface area contributed by atoms with Crippen LogP contribution in [0.25, 0.3) is 0 Å². The Kier molecular flexibility index (Phi) is 4.49. The molecule has 7 heteroatoms. The van der Waals surface area contributed by atoms with Gasteiger partial charge in [0, 0.05) is 6.54 Å². The molecule has 1 unspecified atom stereocenters. The number of nitrogens with one attached hydrogen (secondary N) is 2. The van der Waals surface area contributed by atoms with Crippen LogP contribution in [0.5, 0.6) is 0 Å². The molecule has 15 heavy (non-hydrogen) atoms. The van der Waals surface area contributed by atoms with Crippen molar-refractivity contribution in [2.24, 2.45) is 5.73 Å². The second-order valence-electron chi connectivity index (χ2n) is 3.56. The number of hydrogen-bond donors (Lipinski definition) is 3. The van der Waals surface area contributed by atoms with E-state index < -0.39 is 16.1 Å². The second kappa shape index (κ2) is 5.43. The summed E-state index contributed by atoms with van der Waals surface area (Å²) in [6.07, 6.45) is 1.77. The quantitative estimate of drug-likeness (QED) is 0.541. The summed E-state index contributed by atoms with van der Waals surface area (Å²) in [5.74, 6) is -0.259. The van der Waals surface area contributed by atoms with Gasteiger partial charge in [0.05, 0.1) is 5.75 Å². The van der Waals surface area contributed by atoms with Gasteiger partial charge in [-0.25, -0.2) is 13.1 Å². The smallest absolute Gasteiger partial charge is 0.238 e. The molecule has 0 bridgehead atoms. The van der Waals surface area contributed by atoms with Gasteiger partial charge in [0.15, 0.2) is 0 Å². The Balaban J connectivity index is 2.48. The Labute approximate surface area is 89.6 Å². The molecule has 1 atom stereocenters. The van der Waals surface area contributed by atoms with Crippen molar-refractivity contribution in [3.05, 3.63) is 0 Å². The lowest BCUT2D eigenvalue weighted by atomic mass is 10.1. The molecule has 0 saturated carbocycles. The predicted octanol–water partition coefficient (Wildman–Crippen LogP) is -1.47. The Hall–Kier alpha value is -0.660. The maximum absolute atomic E-state index is 11.5. The monoisotopic (exact) mass is 235 g/mol. The largest absolute Gasteiger partial charge is 0.355 e. The summed E-state index contributed by atoms with van der Waals surface area (Å²) in [7, 11) is -3.37. The van der Waals surface area contributed by atoms with Crippen molar-refractivity contribution < 1.29 is 13.2 Å². The van der Waals surface area contributed by atoms with Crippen molar-refractivity contribution in [1.82, 2.24) is 10.0 Å². The molecule has 0 aliphatic carbocycles. The van der Waals surface area contributed by atoms with Crippen LogP contribution < -0.4 is 15.8 Å². The van der Waals surface area contributed by atoms with Crippen molar-refractivity contribution in [2.75, 3.05) is 18.8 Å². The molecule has 1 aliphatic heterocycles. The maximum Gasteiger partial charge on any atom is 0.238 e. The van der Waals surface area contributed by atoms with Gasteiger partial charge >= 0.3 is 0 Å². The number of piperidine rings is 1. The number of sulfonamides is 1. The fourth-order valence-corrected chi connectivity index (χ4v) is 2.76. The average Bonchev–Trinajstić information content (AvgIpc) is 2.18. The summed E-state index contributed by atoms with van der Waals surface area (Å²) < 4.78 is 25.3. The van der Waals surface area contributed by atoms with Gasteiger partial charge in [-0.15, -0.1) is 0 Å². The third-order valence-electron chi connectivity index (χ3n) is 2.22. The van der Waals surface area contributed by atoms with Crippen molar-refractivity contribution in [1.29, 1.82) is 0 Å². The van der Waals surface area contributed by atoms with E-state index in [9.17, 15) is 13.2 Å².